The van der Waals surface area contributed by atoms with Gasteiger partial charge in [-0.05, 0) is 31.9 Å². The van der Waals surface area contributed by atoms with Crippen LogP contribution in [0.25, 0.3) is 0 Å². The van der Waals surface area contributed by atoms with Gasteiger partial charge in [-0.2, -0.15) is 0 Å². The molecule has 2 amide bonds. The number of carbonyl (C=O) groups is 3. The summed E-state index contributed by atoms with van der Waals surface area (Å²) in [6.07, 6.45) is 2.00. The fourth-order valence-electron chi connectivity index (χ4n) is 2.28. The lowest BCUT2D eigenvalue weighted by atomic mass is 10.1. The standard InChI is InChI=1S/C16H17NO4/c1-3-14(18)21-11(2)7-6-10-17-15(19)12-8-4-5-9-13(12)16(17)20/h3-5,8-9,11H,1,6-7,10H2,2H3. The summed E-state index contributed by atoms with van der Waals surface area (Å²) in [5.74, 6) is -0.985. The Kier molecular flexibility index (Phi) is 4.52. The fraction of sp³-hybridized carbons (Fsp3) is 0.312. The minimum atomic E-state index is -0.469. The van der Waals surface area contributed by atoms with Crippen molar-refractivity contribution in [3.63, 3.8) is 0 Å². The van der Waals surface area contributed by atoms with Crippen molar-refractivity contribution in [3.05, 3.63) is 48.0 Å². The van der Waals surface area contributed by atoms with Crippen LogP contribution in [0.5, 0.6) is 0 Å². The first kappa shape index (κ1) is 15.0. The number of amides is 2. The van der Waals surface area contributed by atoms with Crippen LogP contribution >= 0.6 is 0 Å². The summed E-state index contributed by atoms with van der Waals surface area (Å²) in [6.45, 7) is 5.42. The second-order valence-corrected chi connectivity index (χ2v) is 4.90. The molecule has 0 fully saturated rings. The van der Waals surface area contributed by atoms with Crippen molar-refractivity contribution in [2.75, 3.05) is 6.54 Å². The van der Waals surface area contributed by atoms with E-state index in [0.29, 0.717) is 30.5 Å². The summed E-state index contributed by atoms with van der Waals surface area (Å²) in [5, 5.41) is 0. The number of rotatable bonds is 6. The molecule has 0 N–H and O–H groups in total. The third-order valence-corrected chi connectivity index (χ3v) is 3.35. The lowest BCUT2D eigenvalue weighted by Crippen LogP contribution is -2.31. The minimum absolute atomic E-state index is 0.258. The van der Waals surface area contributed by atoms with Gasteiger partial charge in [-0.1, -0.05) is 18.7 Å². The van der Waals surface area contributed by atoms with Crippen molar-refractivity contribution in [1.82, 2.24) is 4.90 Å². The van der Waals surface area contributed by atoms with Gasteiger partial charge in [0.1, 0.15) is 0 Å². The monoisotopic (exact) mass is 287 g/mol. The highest BCUT2D eigenvalue weighted by Gasteiger charge is 2.34. The molecule has 0 saturated heterocycles. The van der Waals surface area contributed by atoms with E-state index in [1.54, 1.807) is 31.2 Å². The highest BCUT2D eigenvalue weighted by atomic mass is 16.5. The van der Waals surface area contributed by atoms with Gasteiger partial charge in [0.2, 0.25) is 0 Å². The fourth-order valence-corrected chi connectivity index (χ4v) is 2.28. The molecular formula is C16H17NO4. The number of ether oxygens (including phenoxy) is 1. The quantitative estimate of drug-likeness (QED) is 0.457. The molecule has 1 aliphatic heterocycles. The largest absolute Gasteiger partial charge is 0.460 e. The van der Waals surface area contributed by atoms with E-state index in [1.807, 2.05) is 0 Å². The van der Waals surface area contributed by atoms with Crippen LogP contribution in [0.15, 0.2) is 36.9 Å². The Morgan fingerprint density at radius 1 is 1.29 bits per heavy atom. The van der Waals surface area contributed by atoms with Crippen LogP contribution in [-0.2, 0) is 9.53 Å². The molecule has 5 heteroatoms. The minimum Gasteiger partial charge on any atom is -0.460 e. The number of hydrogen-bond acceptors (Lipinski definition) is 4. The molecule has 1 heterocycles. The number of hydrogen-bond donors (Lipinski definition) is 0. The van der Waals surface area contributed by atoms with E-state index >= 15 is 0 Å². The molecule has 1 unspecified atom stereocenters. The summed E-state index contributed by atoms with van der Waals surface area (Å²) in [5.41, 5.74) is 0.905. The Bertz CT molecular complexity index is 559. The lowest BCUT2D eigenvalue weighted by Gasteiger charge is -2.16. The molecule has 1 aliphatic rings. The van der Waals surface area contributed by atoms with Gasteiger partial charge in [0.25, 0.3) is 11.8 Å². The summed E-state index contributed by atoms with van der Waals surface area (Å²) in [4.78, 5) is 36.5. The molecule has 0 spiro atoms. The Morgan fingerprint density at radius 3 is 2.38 bits per heavy atom. The van der Waals surface area contributed by atoms with Crippen molar-refractivity contribution in [2.24, 2.45) is 0 Å². The molecule has 21 heavy (non-hydrogen) atoms. The van der Waals surface area contributed by atoms with Gasteiger partial charge in [-0.15, -0.1) is 0 Å². The van der Waals surface area contributed by atoms with Gasteiger partial charge in [0, 0.05) is 12.6 Å². The summed E-state index contributed by atoms with van der Waals surface area (Å²) in [7, 11) is 0. The molecule has 0 bridgehead atoms. The van der Waals surface area contributed by atoms with Crippen LogP contribution in [0.2, 0.25) is 0 Å². The predicted molar refractivity (Wildman–Crippen MR) is 76.8 cm³/mol. The van der Waals surface area contributed by atoms with Crippen LogP contribution in [-0.4, -0.2) is 35.3 Å². The molecule has 0 aromatic heterocycles. The second-order valence-electron chi connectivity index (χ2n) is 4.90. The zero-order valence-corrected chi connectivity index (χ0v) is 11.9. The van der Waals surface area contributed by atoms with Crippen molar-refractivity contribution in [2.45, 2.75) is 25.9 Å². The Balaban J connectivity index is 1.88. The number of nitrogens with zero attached hydrogens (tertiary/aromatic N) is 1. The smallest absolute Gasteiger partial charge is 0.330 e. The normalized spacial score (nSPS) is 14.8. The maximum absolute atomic E-state index is 12.1. The van der Waals surface area contributed by atoms with E-state index in [9.17, 15) is 14.4 Å². The SMILES string of the molecule is C=CC(=O)OC(C)CCCN1C(=O)c2ccccc2C1=O. The van der Waals surface area contributed by atoms with Gasteiger partial charge in [-0.3, -0.25) is 14.5 Å². The van der Waals surface area contributed by atoms with Crippen LogP contribution in [0.3, 0.4) is 0 Å². The molecule has 1 aromatic carbocycles. The topological polar surface area (TPSA) is 63.7 Å². The number of imide groups is 1. The van der Waals surface area contributed by atoms with E-state index in [2.05, 4.69) is 6.58 Å². The van der Waals surface area contributed by atoms with Crippen LogP contribution in [0.4, 0.5) is 0 Å². The van der Waals surface area contributed by atoms with Gasteiger partial charge < -0.3 is 4.74 Å². The van der Waals surface area contributed by atoms with Crippen LogP contribution < -0.4 is 0 Å². The van der Waals surface area contributed by atoms with Crippen molar-refractivity contribution < 1.29 is 19.1 Å². The third-order valence-electron chi connectivity index (χ3n) is 3.35. The van der Waals surface area contributed by atoms with Crippen LogP contribution in [0, 0.1) is 0 Å². The molecule has 2 rings (SSSR count). The van der Waals surface area contributed by atoms with E-state index in [0.717, 1.165) is 6.08 Å². The Labute approximate surface area is 123 Å². The van der Waals surface area contributed by atoms with Gasteiger partial charge >= 0.3 is 5.97 Å². The van der Waals surface area contributed by atoms with E-state index < -0.39 is 5.97 Å². The molecule has 1 aromatic rings. The first-order valence-corrected chi connectivity index (χ1v) is 6.83. The van der Waals surface area contributed by atoms with Gasteiger partial charge in [0.15, 0.2) is 0 Å². The lowest BCUT2D eigenvalue weighted by molar-refractivity contribution is -0.142. The number of carbonyl (C=O) groups excluding carboxylic acids is 3. The highest BCUT2D eigenvalue weighted by molar-refractivity contribution is 6.21. The predicted octanol–water partition coefficient (Wildman–Crippen LogP) is 2.18. The van der Waals surface area contributed by atoms with Crippen molar-refractivity contribution >= 4 is 17.8 Å². The first-order chi connectivity index (χ1) is 10.0. The van der Waals surface area contributed by atoms with E-state index in [4.69, 9.17) is 4.74 Å². The average Bonchev–Trinajstić information content (AvgIpc) is 2.72. The first-order valence-electron chi connectivity index (χ1n) is 6.83. The maximum atomic E-state index is 12.1. The summed E-state index contributed by atoms with van der Waals surface area (Å²) in [6, 6.07) is 6.79. The molecule has 0 saturated carbocycles. The highest BCUT2D eigenvalue weighted by Crippen LogP contribution is 2.22. The molecule has 1 atom stereocenters. The average molecular weight is 287 g/mol. The number of fused-ring (bicyclic) bond motifs is 1. The van der Waals surface area contributed by atoms with E-state index in [1.165, 1.54) is 4.90 Å². The maximum Gasteiger partial charge on any atom is 0.330 e. The van der Waals surface area contributed by atoms with Crippen molar-refractivity contribution in [1.29, 1.82) is 0 Å². The zero-order valence-electron chi connectivity index (χ0n) is 11.9. The summed E-state index contributed by atoms with van der Waals surface area (Å²) >= 11 is 0. The van der Waals surface area contributed by atoms with Gasteiger partial charge in [0.05, 0.1) is 17.2 Å². The molecule has 110 valence electrons. The van der Waals surface area contributed by atoms with Gasteiger partial charge in [-0.25, -0.2) is 4.79 Å². The molecular weight excluding hydrogens is 270 g/mol. The Hall–Kier alpha value is -2.43. The second kappa shape index (κ2) is 6.35. The third kappa shape index (κ3) is 3.18. The van der Waals surface area contributed by atoms with Crippen LogP contribution in [0.1, 0.15) is 40.5 Å². The molecule has 0 radical (unpaired) electrons. The molecule has 5 nitrogen and oxygen atoms in total. The van der Waals surface area contributed by atoms with E-state index in [-0.39, 0.29) is 17.9 Å². The zero-order chi connectivity index (χ0) is 15.4. The summed E-state index contributed by atoms with van der Waals surface area (Å²) < 4.78 is 5.03. The van der Waals surface area contributed by atoms with Crippen molar-refractivity contribution in [3.8, 4) is 0 Å². The Morgan fingerprint density at radius 2 is 1.86 bits per heavy atom. The molecule has 0 aliphatic carbocycles. The number of esters is 1. The number of benzene rings is 1.